The number of carbonyl (C=O) groups is 3. The number of rotatable bonds is 16. The molecule has 8 rings (SSSR count). The topological polar surface area (TPSA) is 337 Å². The first kappa shape index (κ1) is 63.3. The molecule has 8 unspecified atom stereocenters. The zero-order valence-corrected chi connectivity index (χ0v) is 48.3. The van der Waals surface area contributed by atoms with Gasteiger partial charge in [0, 0.05) is 17.9 Å². The fourth-order valence-electron chi connectivity index (χ4n) is 16.4. The van der Waals surface area contributed by atoms with Gasteiger partial charge in [-0.15, -0.1) is 0 Å². The normalized spacial score (nSPS) is 47.8. The monoisotopic (exact) mass is 1140 g/mol. The number of unbranched alkanes of at least 4 members (excludes halogenated alkanes) is 1. The molecule has 80 heavy (non-hydrogen) atoms. The SMILES string of the molecule is C/C=C(/C)C(=O)O[C@H]1[C@H](OC(C)=O)C(C)(C)CC2C3=CCC4[C@@]5(C)CC[C@H](O[C@@H]6OC(C(=O)OCCCC)[C@H](O)[C@H](O[C@@H]7O[C@H](CO)[C@H](O)C7O)C6O[C@@H]6OC(CO)[C@H](O)[C@H](O)C6O)C(C)(C)C5CC[C@@]4(C)[C@]3(C)C[C@@H](O)[C@]21CO. The van der Waals surface area contributed by atoms with Gasteiger partial charge in [-0.1, -0.05) is 79.5 Å². The van der Waals surface area contributed by atoms with Crippen LogP contribution in [-0.4, -0.2) is 206 Å². The lowest BCUT2D eigenvalue weighted by Crippen LogP contribution is -2.72. The molecule has 10 N–H and O–H groups in total. The van der Waals surface area contributed by atoms with E-state index >= 15 is 0 Å². The van der Waals surface area contributed by atoms with Crippen LogP contribution in [0.2, 0.25) is 0 Å². The van der Waals surface area contributed by atoms with E-state index in [4.69, 9.17) is 42.6 Å². The largest absolute Gasteiger partial charge is 0.464 e. The van der Waals surface area contributed by atoms with Gasteiger partial charge >= 0.3 is 17.9 Å². The van der Waals surface area contributed by atoms with Crippen LogP contribution in [0.1, 0.15) is 134 Å². The van der Waals surface area contributed by atoms with Gasteiger partial charge in [0.05, 0.1) is 44.1 Å². The molecule has 3 aliphatic heterocycles. The highest BCUT2D eigenvalue weighted by atomic mass is 16.8. The van der Waals surface area contributed by atoms with Crippen molar-refractivity contribution >= 4 is 17.9 Å². The molecule has 0 bridgehead atoms. The average molecular weight is 1140 g/mol. The maximum atomic E-state index is 13.9. The molecule has 0 aromatic carbocycles. The van der Waals surface area contributed by atoms with E-state index in [-0.39, 0.29) is 30.3 Å². The summed E-state index contributed by atoms with van der Waals surface area (Å²) in [5, 5.41) is 111. The van der Waals surface area contributed by atoms with E-state index in [0.717, 1.165) is 5.57 Å². The Morgan fingerprint density at radius 1 is 0.700 bits per heavy atom. The Labute approximate surface area is 469 Å². The van der Waals surface area contributed by atoms with Crippen molar-refractivity contribution in [2.24, 2.45) is 50.2 Å². The number of ether oxygens (including phenoxy) is 9. The van der Waals surface area contributed by atoms with Crippen LogP contribution in [-0.2, 0) is 57.0 Å². The highest BCUT2D eigenvalue weighted by Crippen LogP contribution is 2.76. The molecule has 0 aromatic heterocycles. The highest BCUT2D eigenvalue weighted by Gasteiger charge is 2.74. The Hall–Kier alpha value is -2.75. The second-order valence-electron chi connectivity index (χ2n) is 26.4. The summed E-state index contributed by atoms with van der Waals surface area (Å²) in [4.78, 5) is 40.4. The number of esters is 3. The molecule has 22 heteroatoms. The second kappa shape index (κ2) is 23.6. The van der Waals surface area contributed by atoms with Gasteiger partial charge < -0.3 is 93.7 Å². The van der Waals surface area contributed by atoms with Crippen LogP contribution in [0.4, 0.5) is 0 Å². The molecule has 5 aliphatic carbocycles. The van der Waals surface area contributed by atoms with Crippen molar-refractivity contribution in [2.45, 2.75) is 244 Å². The summed E-state index contributed by atoms with van der Waals surface area (Å²) in [6, 6.07) is 0. The molecule has 4 saturated carbocycles. The van der Waals surface area contributed by atoms with Crippen LogP contribution >= 0.6 is 0 Å². The fraction of sp³-hybridized carbons (Fsp3) is 0.879. The van der Waals surface area contributed by atoms with E-state index in [1.807, 2.05) is 20.8 Å². The average Bonchev–Trinajstić information content (AvgIpc) is 3.81. The van der Waals surface area contributed by atoms with Gasteiger partial charge in [-0.25, -0.2) is 9.59 Å². The summed E-state index contributed by atoms with van der Waals surface area (Å²) in [6.45, 7) is 19.5. The molecule has 22 nitrogen and oxygen atoms in total. The first-order chi connectivity index (χ1) is 37.5. The van der Waals surface area contributed by atoms with Gasteiger partial charge in [-0.05, 0) is 105 Å². The minimum atomic E-state index is -1.97. The third kappa shape index (κ3) is 10.4. The smallest absolute Gasteiger partial charge is 0.338 e. The maximum absolute atomic E-state index is 13.9. The van der Waals surface area contributed by atoms with Crippen molar-refractivity contribution < 1.29 is 108 Å². The molecule has 8 aliphatic rings. The van der Waals surface area contributed by atoms with Crippen molar-refractivity contribution in [2.75, 3.05) is 26.4 Å². The number of aliphatic hydroxyl groups is 10. The quantitative estimate of drug-likeness (QED) is 0.0262. The Kier molecular flexibility index (Phi) is 18.7. The molecule has 25 atom stereocenters. The number of hydrogen-bond acceptors (Lipinski definition) is 22. The number of carbonyl (C=O) groups excluding carboxylic acids is 3. The van der Waals surface area contributed by atoms with E-state index in [9.17, 15) is 65.4 Å². The minimum Gasteiger partial charge on any atom is -0.464 e. The van der Waals surface area contributed by atoms with Gasteiger partial charge in [0.15, 0.2) is 31.1 Å². The van der Waals surface area contributed by atoms with E-state index in [0.29, 0.717) is 56.9 Å². The summed E-state index contributed by atoms with van der Waals surface area (Å²) < 4.78 is 55.4. The number of aliphatic hydroxyl groups excluding tert-OH is 10. The number of hydrogen-bond donors (Lipinski definition) is 10. The van der Waals surface area contributed by atoms with Gasteiger partial charge in [-0.2, -0.15) is 0 Å². The molecule has 7 fully saturated rings. The van der Waals surface area contributed by atoms with Crippen LogP contribution in [0.5, 0.6) is 0 Å². The van der Waals surface area contributed by atoms with E-state index in [2.05, 4.69) is 40.7 Å². The van der Waals surface area contributed by atoms with Crippen molar-refractivity contribution in [1.82, 2.24) is 0 Å². The first-order valence-corrected chi connectivity index (χ1v) is 28.9. The summed E-state index contributed by atoms with van der Waals surface area (Å²) >= 11 is 0. The third-order valence-corrected chi connectivity index (χ3v) is 21.3. The summed E-state index contributed by atoms with van der Waals surface area (Å²) in [7, 11) is 0. The molecule has 456 valence electrons. The van der Waals surface area contributed by atoms with Gasteiger partial charge in [0.25, 0.3) is 0 Å². The van der Waals surface area contributed by atoms with Crippen LogP contribution in [0.25, 0.3) is 0 Å². The van der Waals surface area contributed by atoms with Crippen molar-refractivity contribution in [1.29, 1.82) is 0 Å². The Morgan fingerprint density at radius 2 is 1.31 bits per heavy atom. The van der Waals surface area contributed by atoms with E-state index < -0.39 is 181 Å². The molecule has 0 radical (unpaired) electrons. The summed E-state index contributed by atoms with van der Waals surface area (Å²) in [6.07, 6.45) is -19.4. The molecule has 0 aromatic rings. The van der Waals surface area contributed by atoms with Gasteiger partial charge in [0.1, 0.15) is 67.1 Å². The highest BCUT2D eigenvalue weighted by molar-refractivity contribution is 5.88. The molecule has 0 amide bonds. The molecular formula is C58H92O22. The lowest BCUT2D eigenvalue weighted by Gasteiger charge is -2.72. The summed E-state index contributed by atoms with van der Waals surface area (Å²) in [5.74, 6) is -2.63. The second-order valence-corrected chi connectivity index (χ2v) is 26.4. The molecule has 0 spiro atoms. The lowest BCUT2D eigenvalue weighted by molar-refractivity contribution is -0.386. The zero-order valence-electron chi connectivity index (χ0n) is 48.3. The summed E-state index contributed by atoms with van der Waals surface area (Å²) in [5.41, 5.74) is -2.83. The van der Waals surface area contributed by atoms with E-state index in [1.54, 1.807) is 19.9 Å². The predicted molar refractivity (Wildman–Crippen MR) is 280 cm³/mol. The predicted octanol–water partition coefficient (Wildman–Crippen LogP) is 1.60. The maximum Gasteiger partial charge on any atom is 0.338 e. The van der Waals surface area contributed by atoms with Crippen LogP contribution in [0, 0.1) is 50.2 Å². The van der Waals surface area contributed by atoms with Crippen molar-refractivity contribution in [3.05, 3.63) is 23.3 Å². The lowest BCUT2D eigenvalue weighted by atomic mass is 9.33. The number of allylic oxidation sites excluding steroid dienone is 3. The molecule has 3 saturated heterocycles. The Morgan fingerprint density at radius 3 is 1.90 bits per heavy atom. The van der Waals surface area contributed by atoms with E-state index in [1.165, 1.54) is 6.92 Å². The fourth-order valence-corrected chi connectivity index (χ4v) is 16.4. The molecular weight excluding hydrogens is 1050 g/mol. The van der Waals surface area contributed by atoms with Crippen LogP contribution < -0.4 is 0 Å². The zero-order chi connectivity index (χ0) is 59.0. The van der Waals surface area contributed by atoms with Crippen molar-refractivity contribution in [3.63, 3.8) is 0 Å². The van der Waals surface area contributed by atoms with Gasteiger partial charge in [-0.3, -0.25) is 4.79 Å². The molecule has 3 heterocycles. The number of fused-ring (bicyclic) bond motifs is 7. The Balaban J connectivity index is 1.14. The van der Waals surface area contributed by atoms with Crippen LogP contribution in [0.15, 0.2) is 23.3 Å². The van der Waals surface area contributed by atoms with Gasteiger partial charge in [0.2, 0.25) is 0 Å². The third-order valence-electron chi connectivity index (χ3n) is 21.3. The van der Waals surface area contributed by atoms with Crippen LogP contribution in [0.3, 0.4) is 0 Å². The van der Waals surface area contributed by atoms with Crippen molar-refractivity contribution in [3.8, 4) is 0 Å². The Bertz CT molecular complexity index is 2290. The minimum absolute atomic E-state index is 0.0205. The standard InChI is InChI=1S/C58H92O22/c1-12-14-21-72-49(71)44-42(69)43(77-50-40(67)38(65)32(25-60)75-50)45(79-51-41(68)39(66)37(64)31(24-59)74-51)52(78-44)76-36-18-19-55(9)33(54(36,7)8)17-20-56(10)34(55)16-15-29-30-22-53(5,6)46(73-28(4)62)47(80-48(70)27(3)13-2)58(30,26-61)35(63)23-57(29,56)11/h13,15,30-47,50-52,59-61,63-69H,12,14,16-26H2,1-11H3/b27-13-/t30?,31?,32-,33?,34?,35-,36+,37+,38+,39+,40?,41?,42-,43+,44?,45?,46+,47+,50+,51+,52-,55+,56-,57-,58+/m1/s1. The first-order valence-electron chi connectivity index (χ1n) is 28.9.